The highest BCUT2D eigenvalue weighted by molar-refractivity contribution is 6.00. The molecule has 2 aromatic heterocycles. The van der Waals surface area contributed by atoms with Crippen LogP contribution in [-0.2, 0) is 0 Å². The molecule has 26 heavy (non-hydrogen) atoms. The minimum absolute atomic E-state index is 0.0419. The highest BCUT2D eigenvalue weighted by Crippen LogP contribution is 2.33. The van der Waals surface area contributed by atoms with E-state index in [1.54, 1.807) is 6.20 Å². The van der Waals surface area contributed by atoms with E-state index < -0.39 is 0 Å². The third kappa shape index (κ3) is 2.69. The number of piperazine rings is 1. The maximum atomic E-state index is 13.4. The Morgan fingerprint density at radius 2 is 2.04 bits per heavy atom. The van der Waals surface area contributed by atoms with E-state index in [4.69, 9.17) is 4.42 Å². The van der Waals surface area contributed by atoms with Crippen LogP contribution in [0.2, 0.25) is 0 Å². The molecule has 0 aliphatic carbocycles. The summed E-state index contributed by atoms with van der Waals surface area (Å²) in [7, 11) is 0. The number of nitrogens with zero attached hydrogens (tertiary/aromatic N) is 2. The number of rotatable bonds is 2. The molecule has 1 fully saturated rings. The van der Waals surface area contributed by atoms with Crippen molar-refractivity contribution in [3.05, 3.63) is 64.7 Å². The Hall–Kier alpha value is -2.66. The molecule has 0 spiro atoms. The molecule has 5 nitrogen and oxygen atoms in total. The highest BCUT2D eigenvalue weighted by Gasteiger charge is 2.32. The summed E-state index contributed by atoms with van der Waals surface area (Å²) in [4.78, 5) is 19.5. The lowest BCUT2D eigenvalue weighted by Gasteiger charge is -2.36. The van der Waals surface area contributed by atoms with Gasteiger partial charge in [-0.2, -0.15) is 0 Å². The molecule has 134 valence electrons. The zero-order valence-corrected chi connectivity index (χ0v) is 15.4. The number of furan rings is 1. The van der Waals surface area contributed by atoms with Crippen molar-refractivity contribution in [1.82, 2.24) is 15.2 Å². The molecule has 1 N–H and O–H groups in total. The molecule has 1 amide bonds. The van der Waals surface area contributed by atoms with Crippen LogP contribution in [0.15, 0.2) is 41.1 Å². The third-order valence-corrected chi connectivity index (χ3v) is 5.25. The Morgan fingerprint density at radius 1 is 1.23 bits per heavy atom. The number of carbonyl (C=O) groups is 1. The van der Waals surface area contributed by atoms with Crippen LogP contribution in [0.4, 0.5) is 0 Å². The van der Waals surface area contributed by atoms with Crippen LogP contribution < -0.4 is 5.32 Å². The fraction of sp³-hybridized carbons (Fsp3) is 0.333. The molecule has 0 saturated carbocycles. The molecule has 1 aliphatic rings. The number of aryl methyl sites for hydroxylation is 3. The van der Waals surface area contributed by atoms with Gasteiger partial charge in [0.1, 0.15) is 5.58 Å². The minimum Gasteiger partial charge on any atom is -0.450 e. The average molecular weight is 349 g/mol. The lowest BCUT2D eigenvalue weighted by molar-refractivity contribution is 0.0602. The normalized spacial score (nSPS) is 17.7. The highest BCUT2D eigenvalue weighted by atomic mass is 16.3. The second kappa shape index (κ2) is 6.57. The molecular weight excluding hydrogens is 326 g/mol. The van der Waals surface area contributed by atoms with Gasteiger partial charge in [-0.3, -0.25) is 9.78 Å². The van der Waals surface area contributed by atoms with Crippen molar-refractivity contribution < 1.29 is 9.21 Å². The van der Waals surface area contributed by atoms with E-state index in [-0.39, 0.29) is 11.9 Å². The second-order valence-electron chi connectivity index (χ2n) is 6.96. The zero-order valence-electron chi connectivity index (χ0n) is 15.4. The summed E-state index contributed by atoms with van der Waals surface area (Å²) in [5, 5.41) is 4.43. The Kier molecular flexibility index (Phi) is 4.24. The van der Waals surface area contributed by atoms with Gasteiger partial charge in [0, 0.05) is 43.0 Å². The Bertz CT molecular complexity index is 962. The molecule has 0 radical (unpaired) electrons. The summed E-state index contributed by atoms with van der Waals surface area (Å²) >= 11 is 0. The summed E-state index contributed by atoms with van der Waals surface area (Å²) < 4.78 is 6.08. The van der Waals surface area contributed by atoms with Crippen LogP contribution >= 0.6 is 0 Å². The molecule has 1 unspecified atom stereocenters. The van der Waals surface area contributed by atoms with Crippen LogP contribution in [0.5, 0.6) is 0 Å². The minimum atomic E-state index is -0.0483. The van der Waals surface area contributed by atoms with E-state index >= 15 is 0 Å². The van der Waals surface area contributed by atoms with Gasteiger partial charge >= 0.3 is 0 Å². The van der Waals surface area contributed by atoms with Crippen LogP contribution in [0, 0.1) is 20.8 Å². The van der Waals surface area contributed by atoms with Gasteiger partial charge in [0.15, 0.2) is 5.76 Å². The zero-order chi connectivity index (χ0) is 18.3. The number of hydrogen-bond acceptors (Lipinski definition) is 4. The molecule has 1 atom stereocenters. The second-order valence-corrected chi connectivity index (χ2v) is 6.96. The van der Waals surface area contributed by atoms with E-state index in [1.165, 1.54) is 0 Å². The molecule has 3 aromatic rings. The number of fused-ring (bicyclic) bond motifs is 1. The van der Waals surface area contributed by atoms with Crippen LogP contribution in [-0.4, -0.2) is 35.4 Å². The molecule has 0 bridgehead atoms. The van der Waals surface area contributed by atoms with E-state index in [0.717, 1.165) is 46.3 Å². The van der Waals surface area contributed by atoms with Crippen molar-refractivity contribution in [3.63, 3.8) is 0 Å². The number of nitrogens with one attached hydrogen (secondary N) is 1. The predicted octanol–water partition coefficient (Wildman–Crippen LogP) is 3.54. The van der Waals surface area contributed by atoms with Gasteiger partial charge in [0.25, 0.3) is 5.91 Å². The van der Waals surface area contributed by atoms with E-state index in [9.17, 15) is 4.79 Å². The molecule has 1 aliphatic heterocycles. The summed E-state index contributed by atoms with van der Waals surface area (Å²) in [5.41, 5.74) is 4.97. The van der Waals surface area contributed by atoms with Crippen molar-refractivity contribution in [1.29, 1.82) is 0 Å². The van der Waals surface area contributed by atoms with Crippen molar-refractivity contribution >= 4 is 16.9 Å². The maximum Gasteiger partial charge on any atom is 0.290 e. The number of amides is 1. The molecule has 4 rings (SSSR count). The van der Waals surface area contributed by atoms with Crippen LogP contribution in [0.3, 0.4) is 0 Å². The molecule has 5 heteroatoms. The first-order valence-electron chi connectivity index (χ1n) is 8.99. The molecular formula is C21H23N3O2. The van der Waals surface area contributed by atoms with Crippen molar-refractivity contribution in [2.75, 3.05) is 19.6 Å². The first-order chi connectivity index (χ1) is 12.6. The van der Waals surface area contributed by atoms with Gasteiger partial charge in [-0.15, -0.1) is 0 Å². The van der Waals surface area contributed by atoms with Crippen molar-refractivity contribution in [3.8, 4) is 0 Å². The Balaban J connectivity index is 1.77. The summed E-state index contributed by atoms with van der Waals surface area (Å²) in [6.07, 6.45) is 3.58. The van der Waals surface area contributed by atoms with E-state index in [2.05, 4.69) is 23.3 Å². The van der Waals surface area contributed by atoms with Gasteiger partial charge in [0.05, 0.1) is 6.04 Å². The van der Waals surface area contributed by atoms with Crippen LogP contribution in [0.1, 0.15) is 38.9 Å². The van der Waals surface area contributed by atoms with Gasteiger partial charge < -0.3 is 14.6 Å². The predicted molar refractivity (Wildman–Crippen MR) is 101 cm³/mol. The monoisotopic (exact) mass is 349 g/mol. The largest absolute Gasteiger partial charge is 0.450 e. The fourth-order valence-corrected chi connectivity index (χ4v) is 3.83. The smallest absolute Gasteiger partial charge is 0.290 e. The Labute approximate surface area is 153 Å². The third-order valence-electron chi connectivity index (χ3n) is 5.25. The topological polar surface area (TPSA) is 58.4 Å². The number of pyridine rings is 1. The van der Waals surface area contributed by atoms with E-state index in [1.807, 2.05) is 43.1 Å². The molecule has 1 saturated heterocycles. The van der Waals surface area contributed by atoms with Gasteiger partial charge in [-0.1, -0.05) is 18.2 Å². The van der Waals surface area contributed by atoms with Gasteiger partial charge in [-0.05, 0) is 43.5 Å². The quantitative estimate of drug-likeness (QED) is 0.769. The number of aromatic nitrogens is 1. The SMILES string of the molecule is Cc1ccc(C)c2c(C)c(C(=O)N3CCNCC3c3cccnc3)oc12. The first kappa shape index (κ1) is 16.8. The summed E-state index contributed by atoms with van der Waals surface area (Å²) in [6, 6.07) is 8.01. The van der Waals surface area contributed by atoms with Crippen molar-refractivity contribution in [2.24, 2.45) is 0 Å². The molecule has 3 heterocycles. The average Bonchev–Trinajstić information content (AvgIpc) is 3.03. The number of carbonyl (C=O) groups excluding carboxylic acids is 1. The van der Waals surface area contributed by atoms with Crippen LogP contribution in [0.25, 0.3) is 11.0 Å². The van der Waals surface area contributed by atoms with E-state index in [0.29, 0.717) is 12.3 Å². The van der Waals surface area contributed by atoms with Gasteiger partial charge in [-0.25, -0.2) is 0 Å². The lowest BCUT2D eigenvalue weighted by Crippen LogP contribution is -2.48. The standard InChI is InChI=1S/C21H23N3O2/c1-13-6-7-14(2)19-18(13)15(3)20(26-19)21(25)24-10-9-23-12-17(24)16-5-4-8-22-11-16/h4-8,11,17,23H,9-10,12H2,1-3H3. The molecule has 1 aromatic carbocycles. The first-order valence-corrected chi connectivity index (χ1v) is 8.99. The summed E-state index contributed by atoms with van der Waals surface area (Å²) in [5.74, 6) is 0.404. The maximum absolute atomic E-state index is 13.4. The Morgan fingerprint density at radius 3 is 2.77 bits per heavy atom. The van der Waals surface area contributed by atoms with Gasteiger partial charge in [0.2, 0.25) is 0 Å². The number of benzene rings is 1. The number of hydrogen-bond donors (Lipinski definition) is 1. The van der Waals surface area contributed by atoms with Crippen molar-refractivity contribution in [2.45, 2.75) is 26.8 Å². The fourth-order valence-electron chi connectivity index (χ4n) is 3.83. The summed E-state index contributed by atoms with van der Waals surface area (Å²) in [6.45, 7) is 8.19. The lowest BCUT2D eigenvalue weighted by atomic mass is 10.0.